The average molecular weight is 287 g/mol. The smallest absolute Gasteiger partial charge is 0.0979 e. The minimum atomic E-state index is 0.0254. The maximum absolute atomic E-state index is 3.85. The van der Waals surface area contributed by atoms with Crippen molar-refractivity contribution in [3.63, 3.8) is 0 Å². The van der Waals surface area contributed by atoms with E-state index in [0.717, 1.165) is 18.7 Å². The normalized spacial score (nSPS) is 11.3. The van der Waals surface area contributed by atoms with Crippen LogP contribution in [0, 0.1) is 11.8 Å². The second kappa shape index (κ2) is 8.67. The summed E-state index contributed by atoms with van der Waals surface area (Å²) in [7, 11) is 0. The van der Waals surface area contributed by atoms with Crippen LogP contribution in [0.5, 0.6) is 0 Å². The van der Waals surface area contributed by atoms with Gasteiger partial charge in [-0.15, -0.1) is 13.2 Å². The van der Waals surface area contributed by atoms with E-state index in [-0.39, 0.29) is 6.04 Å². The molecule has 0 radical (unpaired) electrons. The maximum atomic E-state index is 3.85. The summed E-state index contributed by atoms with van der Waals surface area (Å²) in [4.78, 5) is 2.26. The first kappa shape index (κ1) is 15.8. The van der Waals surface area contributed by atoms with Crippen LogP contribution in [-0.4, -0.2) is 18.0 Å². The van der Waals surface area contributed by atoms with Crippen LogP contribution in [0.2, 0.25) is 0 Å². The minimum Gasteiger partial charge on any atom is -0.279 e. The van der Waals surface area contributed by atoms with Gasteiger partial charge in [0, 0.05) is 18.7 Å². The fourth-order valence-corrected chi connectivity index (χ4v) is 2.31. The van der Waals surface area contributed by atoms with Gasteiger partial charge in [0.25, 0.3) is 0 Å². The van der Waals surface area contributed by atoms with Crippen molar-refractivity contribution in [1.29, 1.82) is 0 Å². The third-order valence-electron chi connectivity index (χ3n) is 3.33. The summed E-state index contributed by atoms with van der Waals surface area (Å²) in [6.45, 7) is 9.25. The van der Waals surface area contributed by atoms with Gasteiger partial charge in [-0.25, -0.2) is 0 Å². The molecule has 1 atom stereocenters. The molecule has 110 valence electrons. The first-order valence-corrected chi connectivity index (χ1v) is 7.42. The highest BCUT2D eigenvalue weighted by Crippen LogP contribution is 2.20. The van der Waals surface area contributed by atoms with Crippen LogP contribution in [0.25, 0.3) is 0 Å². The molecule has 1 nitrogen and oxygen atoms in total. The molecule has 0 saturated carbocycles. The topological polar surface area (TPSA) is 3.24 Å². The lowest BCUT2D eigenvalue weighted by atomic mass is 10.0. The van der Waals surface area contributed by atoms with Crippen molar-refractivity contribution in [2.24, 2.45) is 0 Å². The summed E-state index contributed by atoms with van der Waals surface area (Å²) in [5, 5.41) is 0. The van der Waals surface area contributed by atoms with Crippen molar-refractivity contribution in [2.45, 2.75) is 6.04 Å². The van der Waals surface area contributed by atoms with Crippen molar-refractivity contribution >= 4 is 0 Å². The zero-order valence-electron chi connectivity index (χ0n) is 12.8. The molecule has 0 amide bonds. The number of hydrogen-bond donors (Lipinski definition) is 0. The summed E-state index contributed by atoms with van der Waals surface area (Å²) in [5.74, 6) is 6.68. The van der Waals surface area contributed by atoms with Gasteiger partial charge in [-0.2, -0.15) is 0 Å². The van der Waals surface area contributed by atoms with E-state index < -0.39 is 0 Å². The molecule has 0 aliphatic heterocycles. The molecule has 0 heterocycles. The maximum Gasteiger partial charge on any atom is 0.0979 e. The van der Waals surface area contributed by atoms with E-state index in [4.69, 9.17) is 0 Å². The van der Waals surface area contributed by atoms with Crippen LogP contribution in [-0.2, 0) is 0 Å². The van der Waals surface area contributed by atoms with Gasteiger partial charge >= 0.3 is 0 Å². The van der Waals surface area contributed by atoms with E-state index in [2.05, 4.69) is 42.0 Å². The summed E-state index contributed by atoms with van der Waals surface area (Å²) in [6, 6.07) is 20.4. The van der Waals surface area contributed by atoms with E-state index in [0.29, 0.717) is 0 Å². The third-order valence-corrected chi connectivity index (χ3v) is 3.33. The van der Waals surface area contributed by atoms with Crippen LogP contribution in [0.1, 0.15) is 17.2 Å². The summed E-state index contributed by atoms with van der Waals surface area (Å²) >= 11 is 0. The number of rotatable bonds is 6. The van der Waals surface area contributed by atoms with Crippen LogP contribution in [0.3, 0.4) is 0 Å². The monoisotopic (exact) mass is 287 g/mol. The third kappa shape index (κ3) is 4.48. The number of nitrogens with zero attached hydrogens (tertiary/aromatic N) is 1. The van der Waals surface area contributed by atoms with Crippen molar-refractivity contribution in [3.8, 4) is 11.8 Å². The Morgan fingerprint density at radius 1 is 0.864 bits per heavy atom. The van der Waals surface area contributed by atoms with Crippen LogP contribution >= 0.6 is 0 Å². The molecule has 0 bridgehead atoms. The Balaban J connectivity index is 2.35. The standard InChI is InChI=1S/C21H21N/c1-3-17-22(18-4-2)21(20-13-9-6-10-14-20)16-15-19-11-7-5-8-12-19/h3-14,21H,1-2,17-18H2/t21-/m1/s1. The fraction of sp³-hybridized carbons (Fsp3) is 0.143. The Morgan fingerprint density at radius 2 is 1.41 bits per heavy atom. The van der Waals surface area contributed by atoms with Gasteiger partial charge in [0.1, 0.15) is 0 Å². The van der Waals surface area contributed by atoms with Crippen molar-refractivity contribution in [3.05, 3.63) is 97.1 Å². The largest absolute Gasteiger partial charge is 0.279 e. The highest BCUT2D eigenvalue weighted by molar-refractivity contribution is 5.37. The summed E-state index contributed by atoms with van der Waals surface area (Å²) in [5.41, 5.74) is 2.22. The SMILES string of the molecule is C=CCN(CC=C)[C@H](C#Cc1ccccc1)c1ccccc1. The molecule has 0 fully saturated rings. The lowest BCUT2D eigenvalue weighted by molar-refractivity contribution is 0.293. The number of benzene rings is 2. The molecule has 2 aromatic carbocycles. The summed E-state index contributed by atoms with van der Waals surface area (Å²) < 4.78 is 0. The number of hydrogen-bond acceptors (Lipinski definition) is 1. The van der Waals surface area contributed by atoms with Crippen LogP contribution < -0.4 is 0 Å². The molecule has 0 aliphatic carbocycles. The van der Waals surface area contributed by atoms with E-state index in [1.165, 1.54) is 5.56 Å². The van der Waals surface area contributed by atoms with Gasteiger partial charge < -0.3 is 0 Å². The molecule has 1 heteroatoms. The molecular weight excluding hydrogens is 266 g/mol. The van der Waals surface area contributed by atoms with Gasteiger partial charge in [0.2, 0.25) is 0 Å². The lowest BCUT2D eigenvalue weighted by Crippen LogP contribution is -2.28. The molecule has 0 unspecified atom stereocenters. The minimum absolute atomic E-state index is 0.0254. The summed E-state index contributed by atoms with van der Waals surface area (Å²) in [6.07, 6.45) is 3.81. The molecular formula is C21H21N. The highest BCUT2D eigenvalue weighted by Gasteiger charge is 2.15. The fourth-order valence-electron chi connectivity index (χ4n) is 2.31. The van der Waals surface area contributed by atoms with Crippen LogP contribution in [0.4, 0.5) is 0 Å². The molecule has 0 spiro atoms. The Bertz CT molecular complexity index is 637. The second-order valence-corrected chi connectivity index (χ2v) is 4.98. The van der Waals surface area contributed by atoms with Crippen molar-refractivity contribution < 1.29 is 0 Å². The Labute approximate surface area is 133 Å². The predicted octanol–water partition coefficient (Wildman–Crippen LogP) is 4.45. The molecule has 0 aliphatic rings. The van der Waals surface area contributed by atoms with Gasteiger partial charge in [-0.05, 0) is 17.7 Å². The van der Waals surface area contributed by atoms with Gasteiger partial charge in [-0.1, -0.05) is 72.5 Å². The Hall–Kier alpha value is -2.56. The first-order valence-electron chi connectivity index (χ1n) is 7.42. The molecule has 0 aromatic heterocycles. The van der Waals surface area contributed by atoms with Crippen LogP contribution in [0.15, 0.2) is 86.0 Å². The molecule has 2 rings (SSSR count). The highest BCUT2D eigenvalue weighted by atomic mass is 15.1. The van der Waals surface area contributed by atoms with Gasteiger partial charge in [-0.3, -0.25) is 4.90 Å². The van der Waals surface area contributed by atoms with E-state index in [1.807, 2.05) is 60.7 Å². The first-order chi connectivity index (χ1) is 10.8. The van der Waals surface area contributed by atoms with Gasteiger partial charge in [0.05, 0.1) is 6.04 Å². The van der Waals surface area contributed by atoms with Crippen molar-refractivity contribution in [1.82, 2.24) is 4.90 Å². The van der Waals surface area contributed by atoms with E-state index in [1.54, 1.807) is 0 Å². The Morgan fingerprint density at radius 3 is 1.95 bits per heavy atom. The second-order valence-electron chi connectivity index (χ2n) is 4.98. The molecule has 22 heavy (non-hydrogen) atoms. The zero-order chi connectivity index (χ0) is 15.6. The average Bonchev–Trinajstić information content (AvgIpc) is 2.57. The van der Waals surface area contributed by atoms with E-state index >= 15 is 0 Å². The molecule has 2 aromatic rings. The predicted molar refractivity (Wildman–Crippen MR) is 94.5 cm³/mol. The molecule has 0 saturated heterocycles. The van der Waals surface area contributed by atoms with Gasteiger partial charge in [0.15, 0.2) is 0 Å². The lowest BCUT2D eigenvalue weighted by Gasteiger charge is -2.26. The zero-order valence-corrected chi connectivity index (χ0v) is 12.8. The van der Waals surface area contributed by atoms with Crippen molar-refractivity contribution in [2.75, 3.05) is 13.1 Å². The quantitative estimate of drug-likeness (QED) is 0.560. The molecule has 0 N–H and O–H groups in total. The van der Waals surface area contributed by atoms with E-state index in [9.17, 15) is 0 Å². The Kier molecular flexibility index (Phi) is 6.23.